The van der Waals surface area contributed by atoms with Crippen molar-refractivity contribution >= 4 is 10.0 Å². The maximum Gasteiger partial charge on any atom is 0.247 e. The van der Waals surface area contributed by atoms with E-state index in [4.69, 9.17) is 9.47 Å². The zero-order valence-corrected chi connectivity index (χ0v) is 19.2. The molecule has 1 fully saturated rings. The fourth-order valence-corrected chi connectivity index (χ4v) is 5.99. The molecular weight excluding hydrogens is 424 g/mol. The van der Waals surface area contributed by atoms with Crippen molar-refractivity contribution in [3.8, 4) is 11.5 Å². The van der Waals surface area contributed by atoms with Gasteiger partial charge in [-0.1, -0.05) is 60.7 Å². The minimum Gasteiger partial charge on any atom is -0.497 e. The number of ether oxygens (including phenoxy) is 2. The molecule has 7 heteroatoms. The summed E-state index contributed by atoms with van der Waals surface area (Å²) in [6, 6.07) is 25.9. The lowest BCUT2D eigenvalue weighted by atomic mass is 9.96. The molecule has 1 aliphatic heterocycles. The number of sulfonamides is 1. The minimum absolute atomic E-state index is 0.144. The van der Waals surface area contributed by atoms with Crippen LogP contribution in [0.1, 0.15) is 17.2 Å². The van der Waals surface area contributed by atoms with E-state index in [-0.39, 0.29) is 10.9 Å². The first-order valence-electron chi connectivity index (χ1n) is 10.7. The second-order valence-corrected chi connectivity index (χ2v) is 9.74. The van der Waals surface area contributed by atoms with Crippen LogP contribution in [0, 0.1) is 0 Å². The maximum atomic E-state index is 13.4. The Morgan fingerprint density at radius 1 is 0.812 bits per heavy atom. The predicted octanol–water partition coefficient (Wildman–Crippen LogP) is 2.38. The lowest BCUT2D eigenvalue weighted by Gasteiger charge is -2.36. The molecule has 0 spiro atoms. The smallest absolute Gasteiger partial charge is 0.247 e. The number of nitrogens with one attached hydrogen (secondary N) is 1. The Bertz CT molecular complexity index is 1090. The molecule has 6 nitrogen and oxygen atoms in total. The molecule has 0 atom stereocenters. The van der Waals surface area contributed by atoms with Crippen LogP contribution in [0.3, 0.4) is 0 Å². The summed E-state index contributed by atoms with van der Waals surface area (Å²) in [5.74, 6) is 0.814. The van der Waals surface area contributed by atoms with Gasteiger partial charge >= 0.3 is 0 Å². The average Bonchev–Trinajstić information content (AvgIpc) is 2.85. The first-order chi connectivity index (χ1) is 15.5. The third kappa shape index (κ3) is 4.50. The van der Waals surface area contributed by atoms with Crippen LogP contribution in [0.4, 0.5) is 0 Å². The number of nitrogens with zero attached hydrogens (tertiary/aromatic N) is 1. The summed E-state index contributed by atoms with van der Waals surface area (Å²) in [5, 5.41) is 0. The van der Waals surface area contributed by atoms with Crippen molar-refractivity contribution in [2.24, 2.45) is 0 Å². The van der Waals surface area contributed by atoms with E-state index in [1.54, 1.807) is 16.4 Å². The summed E-state index contributed by atoms with van der Waals surface area (Å²) in [6.45, 7) is 2.29. The second-order valence-electron chi connectivity index (χ2n) is 7.83. The first kappa shape index (κ1) is 22.3. The fourth-order valence-electron chi connectivity index (χ4n) is 4.38. The minimum atomic E-state index is -3.70. The predicted molar refractivity (Wildman–Crippen MR) is 124 cm³/mol. The van der Waals surface area contributed by atoms with Crippen LogP contribution < -0.4 is 14.4 Å². The lowest BCUT2D eigenvalue weighted by Crippen LogP contribution is -3.15. The van der Waals surface area contributed by atoms with Gasteiger partial charge in [0.1, 0.15) is 22.4 Å². The highest BCUT2D eigenvalue weighted by atomic mass is 32.2. The summed E-state index contributed by atoms with van der Waals surface area (Å²) in [5.41, 5.74) is 2.47. The zero-order valence-electron chi connectivity index (χ0n) is 18.4. The standard InChI is InChI=1S/C25H28N2O4S/c1-30-22-13-14-23(31-2)24(19-22)32(28,29)27-17-15-26(16-18-27)25(20-9-5-3-6-10-20)21-11-7-4-8-12-21/h3-14,19,25H,15-18H2,1-2H3/p+1. The van der Waals surface area contributed by atoms with Gasteiger partial charge in [0.2, 0.25) is 10.0 Å². The molecule has 3 aromatic carbocycles. The van der Waals surface area contributed by atoms with E-state index in [0.717, 1.165) is 0 Å². The number of quaternary nitrogens is 1. The van der Waals surface area contributed by atoms with Crippen molar-refractivity contribution in [1.82, 2.24) is 4.31 Å². The van der Waals surface area contributed by atoms with Gasteiger partial charge in [-0.2, -0.15) is 4.31 Å². The summed E-state index contributed by atoms with van der Waals surface area (Å²) in [7, 11) is -0.700. The third-order valence-electron chi connectivity index (χ3n) is 6.03. The molecule has 4 rings (SSSR count). The van der Waals surface area contributed by atoms with Crippen molar-refractivity contribution in [1.29, 1.82) is 0 Å². The van der Waals surface area contributed by atoms with Gasteiger partial charge < -0.3 is 14.4 Å². The molecule has 32 heavy (non-hydrogen) atoms. The van der Waals surface area contributed by atoms with Crippen molar-refractivity contribution in [2.75, 3.05) is 40.4 Å². The average molecular weight is 454 g/mol. The van der Waals surface area contributed by atoms with Gasteiger partial charge in [0.15, 0.2) is 0 Å². The third-order valence-corrected chi connectivity index (χ3v) is 7.95. The van der Waals surface area contributed by atoms with Crippen LogP contribution in [-0.2, 0) is 10.0 Å². The fraction of sp³-hybridized carbons (Fsp3) is 0.280. The molecule has 1 N–H and O–H groups in total. The highest BCUT2D eigenvalue weighted by molar-refractivity contribution is 7.89. The van der Waals surface area contributed by atoms with Crippen molar-refractivity contribution in [3.63, 3.8) is 0 Å². The summed E-state index contributed by atoms with van der Waals surface area (Å²) < 4.78 is 39.0. The molecule has 0 bridgehead atoms. The quantitative estimate of drug-likeness (QED) is 0.597. The first-order valence-corrected chi connectivity index (χ1v) is 12.1. The van der Waals surface area contributed by atoms with Crippen LogP contribution in [0.25, 0.3) is 0 Å². The molecule has 0 amide bonds. The number of methoxy groups -OCH3 is 2. The van der Waals surface area contributed by atoms with Gasteiger partial charge in [0.25, 0.3) is 0 Å². The van der Waals surface area contributed by atoms with Crippen molar-refractivity contribution in [3.05, 3.63) is 90.0 Å². The van der Waals surface area contributed by atoms with E-state index in [9.17, 15) is 8.42 Å². The van der Waals surface area contributed by atoms with Crippen LogP contribution >= 0.6 is 0 Å². The second kappa shape index (κ2) is 9.73. The zero-order chi connectivity index (χ0) is 22.6. The van der Waals surface area contributed by atoms with Gasteiger partial charge in [-0.25, -0.2) is 8.42 Å². The molecule has 3 aromatic rings. The number of rotatable bonds is 7. The number of hydrogen-bond donors (Lipinski definition) is 1. The van der Waals surface area contributed by atoms with E-state index in [1.807, 2.05) is 12.1 Å². The number of hydrogen-bond acceptors (Lipinski definition) is 4. The van der Waals surface area contributed by atoms with Gasteiger partial charge in [0.05, 0.1) is 40.4 Å². The van der Waals surface area contributed by atoms with Crippen LogP contribution in [0.2, 0.25) is 0 Å². The van der Waals surface area contributed by atoms with E-state index in [2.05, 4.69) is 48.5 Å². The van der Waals surface area contributed by atoms with E-state index in [0.29, 0.717) is 37.7 Å². The maximum absolute atomic E-state index is 13.4. The van der Waals surface area contributed by atoms with Crippen LogP contribution in [0.15, 0.2) is 83.8 Å². The van der Waals surface area contributed by atoms with E-state index in [1.165, 1.54) is 36.3 Å². The Morgan fingerprint density at radius 2 is 1.38 bits per heavy atom. The Labute approximate surface area is 190 Å². The van der Waals surface area contributed by atoms with Gasteiger partial charge in [-0.05, 0) is 12.1 Å². The molecule has 1 aliphatic rings. The molecule has 168 valence electrons. The molecular formula is C25H29N2O4S+. The number of piperazine rings is 1. The monoisotopic (exact) mass is 453 g/mol. The van der Waals surface area contributed by atoms with Crippen LogP contribution in [0.5, 0.6) is 11.5 Å². The largest absolute Gasteiger partial charge is 0.497 e. The SMILES string of the molecule is COc1ccc(OC)c(S(=O)(=O)N2CC[NH+](C(c3ccccc3)c3ccccc3)CC2)c1. The van der Waals surface area contributed by atoms with Crippen LogP contribution in [-0.4, -0.2) is 53.1 Å². The van der Waals surface area contributed by atoms with Gasteiger partial charge in [-0.3, -0.25) is 0 Å². The highest BCUT2D eigenvalue weighted by Crippen LogP contribution is 2.30. The molecule has 1 saturated heterocycles. The molecule has 1 heterocycles. The molecule has 0 saturated carbocycles. The molecule has 0 radical (unpaired) electrons. The Morgan fingerprint density at radius 3 is 1.88 bits per heavy atom. The Hall–Kier alpha value is -2.87. The van der Waals surface area contributed by atoms with Gasteiger partial charge in [-0.15, -0.1) is 0 Å². The van der Waals surface area contributed by atoms with Crippen molar-refractivity contribution in [2.45, 2.75) is 10.9 Å². The highest BCUT2D eigenvalue weighted by Gasteiger charge is 2.36. The topological polar surface area (TPSA) is 60.3 Å². The van der Waals surface area contributed by atoms with Gasteiger partial charge in [0, 0.05) is 17.2 Å². The number of benzene rings is 3. The summed E-state index contributed by atoms with van der Waals surface area (Å²) >= 11 is 0. The molecule has 0 aromatic heterocycles. The Balaban J connectivity index is 1.58. The Kier molecular flexibility index (Phi) is 6.79. The normalized spacial score (nSPS) is 15.6. The summed E-state index contributed by atoms with van der Waals surface area (Å²) in [6.07, 6.45) is 0. The lowest BCUT2D eigenvalue weighted by molar-refractivity contribution is -0.929. The summed E-state index contributed by atoms with van der Waals surface area (Å²) in [4.78, 5) is 1.50. The molecule has 0 unspecified atom stereocenters. The molecule has 0 aliphatic carbocycles. The van der Waals surface area contributed by atoms with Crippen molar-refractivity contribution < 1.29 is 22.8 Å². The van der Waals surface area contributed by atoms with E-state index >= 15 is 0 Å². The van der Waals surface area contributed by atoms with E-state index < -0.39 is 10.0 Å².